The number of aliphatic carboxylic acids is 1. The zero-order valence-electron chi connectivity index (χ0n) is 16.4. The Morgan fingerprint density at radius 3 is 2.50 bits per heavy atom. The van der Waals surface area contributed by atoms with Crippen molar-refractivity contribution in [2.75, 3.05) is 20.2 Å². The number of carboxylic acid groups (broad SMARTS) is 1. The van der Waals surface area contributed by atoms with Crippen molar-refractivity contribution in [3.63, 3.8) is 0 Å². The number of ether oxygens (including phenoxy) is 1. The molecule has 1 aliphatic rings. The van der Waals surface area contributed by atoms with Crippen LogP contribution in [-0.4, -0.2) is 55.9 Å². The third kappa shape index (κ3) is 5.02. The first-order valence-corrected chi connectivity index (χ1v) is 10.8. The monoisotopic (exact) mass is 412 g/mol. The summed E-state index contributed by atoms with van der Waals surface area (Å²) in [5.74, 6) is -1.74. The molecule has 0 bridgehead atoms. The number of amides is 1. The van der Waals surface area contributed by atoms with Gasteiger partial charge in [-0.3, -0.25) is 4.79 Å². The van der Waals surface area contributed by atoms with E-state index in [1.807, 2.05) is 6.92 Å². The molecule has 1 aromatic rings. The minimum absolute atomic E-state index is 0.0348. The third-order valence-corrected chi connectivity index (χ3v) is 7.11. The molecule has 156 valence electrons. The molecule has 1 aliphatic heterocycles. The van der Waals surface area contributed by atoms with E-state index < -0.39 is 33.9 Å². The first-order valence-electron chi connectivity index (χ1n) is 9.38. The first kappa shape index (κ1) is 22.2. The third-order valence-electron chi connectivity index (χ3n) is 5.23. The standard InChI is InChI=1S/C19H28N2O6S/c1-4-13(2)17(19(23)24)20-18(22)14-6-5-11-21(12-14)28(25,26)16-9-7-15(27-3)8-10-16/h7-10,13-14,17H,4-6,11-12H2,1-3H3,(H,20,22)(H,23,24)/t13?,14?,17-/m1/s1. The van der Waals surface area contributed by atoms with Gasteiger partial charge in [-0.25, -0.2) is 13.2 Å². The van der Waals surface area contributed by atoms with Gasteiger partial charge in [0, 0.05) is 13.1 Å². The molecule has 3 atom stereocenters. The number of nitrogens with zero attached hydrogens (tertiary/aromatic N) is 1. The van der Waals surface area contributed by atoms with Gasteiger partial charge < -0.3 is 15.2 Å². The van der Waals surface area contributed by atoms with Crippen molar-refractivity contribution in [3.8, 4) is 5.75 Å². The number of carbonyl (C=O) groups is 2. The number of methoxy groups -OCH3 is 1. The molecule has 2 N–H and O–H groups in total. The van der Waals surface area contributed by atoms with Crippen molar-refractivity contribution in [1.29, 1.82) is 0 Å². The average molecular weight is 413 g/mol. The number of carbonyl (C=O) groups excluding carboxylic acids is 1. The molecular weight excluding hydrogens is 384 g/mol. The number of benzene rings is 1. The topological polar surface area (TPSA) is 113 Å². The summed E-state index contributed by atoms with van der Waals surface area (Å²) in [6.07, 6.45) is 1.67. The molecule has 1 saturated heterocycles. The van der Waals surface area contributed by atoms with E-state index in [2.05, 4.69) is 5.32 Å². The van der Waals surface area contributed by atoms with E-state index in [9.17, 15) is 23.1 Å². The van der Waals surface area contributed by atoms with Crippen LogP contribution in [0, 0.1) is 11.8 Å². The lowest BCUT2D eigenvalue weighted by Gasteiger charge is -2.32. The summed E-state index contributed by atoms with van der Waals surface area (Å²) in [6.45, 7) is 3.98. The smallest absolute Gasteiger partial charge is 0.326 e. The van der Waals surface area contributed by atoms with E-state index in [-0.39, 0.29) is 17.4 Å². The quantitative estimate of drug-likeness (QED) is 0.672. The zero-order chi connectivity index (χ0) is 20.9. The van der Waals surface area contributed by atoms with Gasteiger partial charge in [-0.1, -0.05) is 20.3 Å². The van der Waals surface area contributed by atoms with Crippen LogP contribution in [0.1, 0.15) is 33.1 Å². The maximum absolute atomic E-state index is 12.9. The van der Waals surface area contributed by atoms with Gasteiger partial charge in [0.05, 0.1) is 17.9 Å². The Kier molecular flexibility index (Phi) is 7.42. The zero-order valence-corrected chi connectivity index (χ0v) is 17.2. The highest BCUT2D eigenvalue weighted by Crippen LogP contribution is 2.25. The first-order chi connectivity index (χ1) is 13.2. The van der Waals surface area contributed by atoms with Gasteiger partial charge in [0.25, 0.3) is 0 Å². The Balaban J connectivity index is 2.11. The molecule has 1 aromatic carbocycles. The minimum Gasteiger partial charge on any atom is -0.497 e. The molecule has 1 heterocycles. The number of hydrogen-bond donors (Lipinski definition) is 2. The molecule has 0 spiro atoms. The second-order valence-corrected chi connectivity index (χ2v) is 9.03. The molecule has 0 aliphatic carbocycles. The van der Waals surface area contributed by atoms with Crippen LogP contribution in [0.5, 0.6) is 5.75 Å². The van der Waals surface area contributed by atoms with Gasteiger partial charge in [-0.15, -0.1) is 0 Å². The van der Waals surface area contributed by atoms with E-state index in [1.54, 1.807) is 19.1 Å². The molecule has 28 heavy (non-hydrogen) atoms. The van der Waals surface area contributed by atoms with Crippen LogP contribution in [0.25, 0.3) is 0 Å². The molecular formula is C19H28N2O6S. The van der Waals surface area contributed by atoms with Crippen LogP contribution in [0.2, 0.25) is 0 Å². The number of nitrogens with one attached hydrogen (secondary N) is 1. The Labute approximate surface area is 165 Å². The Morgan fingerprint density at radius 2 is 1.96 bits per heavy atom. The molecule has 1 amide bonds. The Hall–Kier alpha value is -2.13. The molecule has 2 unspecified atom stereocenters. The summed E-state index contributed by atoms with van der Waals surface area (Å²) in [5, 5.41) is 12.0. The lowest BCUT2D eigenvalue weighted by Crippen LogP contribution is -2.51. The van der Waals surface area contributed by atoms with E-state index in [0.717, 1.165) is 0 Å². The maximum atomic E-state index is 12.9. The summed E-state index contributed by atoms with van der Waals surface area (Å²) >= 11 is 0. The van der Waals surface area contributed by atoms with Crippen molar-refractivity contribution in [3.05, 3.63) is 24.3 Å². The van der Waals surface area contributed by atoms with Gasteiger partial charge >= 0.3 is 5.97 Å². The Morgan fingerprint density at radius 1 is 1.32 bits per heavy atom. The lowest BCUT2D eigenvalue weighted by molar-refractivity contribution is -0.144. The second kappa shape index (κ2) is 9.38. The number of hydrogen-bond acceptors (Lipinski definition) is 5. The van der Waals surface area contributed by atoms with E-state index in [4.69, 9.17) is 4.74 Å². The molecule has 8 nitrogen and oxygen atoms in total. The van der Waals surface area contributed by atoms with Gasteiger partial charge in [0.15, 0.2) is 0 Å². The molecule has 2 rings (SSSR count). The highest BCUT2D eigenvalue weighted by molar-refractivity contribution is 7.89. The molecule has 9 heteroatoms. The van der Waals surface area contributed by atoms with Crippen LogP contribution >= 0.6 is 0 Å². The molecule has 0 aromatic heterocycles. The van der Waals surface area contributed by atoms with Crippen LogP contribution in [0.3, 0.4) is 0 Å². The lowest BCUT2D eigenvalue weighted by atomic mass is 9.95. The predicted octanol–water partition coefficient (Wildman–Crippen LogP) is 1.71. The van der Waals surface area contributed by atoms with Gasteiger partial charge in [0.1, 0.15) is 11.8 Å². The highest BCUT2D eigenvalue weighted by Gasteiger charge is 2.35. The normalized spacial score (nSPS) is 20.2. The van der Waals surface area contributed by atoms with Gasteiger partial charge in [-0.05, 0) is 43.0 Å². The predicted molar refractivity (Wildman–Crippen MR) is 103 cm³/mol. The van der Waals surface area contributed by atoms with E-state index >= 15 is 0 Å². The summed E-state index contributed by atoms with van der Waals surface area (Å²) in [7, 11) is -2.24. The number of piperidine rings is 1. The van der Waals surface area contributed by atoms with Crippen molar-refractivity contribution in [1.82, 2.24) is 9.62 Å². The van der Waals surface area contributed by atoms with Gasteiger partial charge in [0.2, 0.25) is 15.9 Å². The maximum Gasteiger partial charge on any atom is 0.326 e. The highest BCUT2D eigenvalue weighted by atomic mass is 32.2. The fourth-order valence-corrected chi connectivity index (χ4v) is 4.75. The summed E-state index contributed by atoms with van der Waals surface area (Å²) < 4.78 is 32.1. The van der Waals surface area contributed by atoms with Crippen molar-refractivity contribution in [2.45, 2.75) is 44.0 Å². The molecule has 1 fully saturated rings. The number of carboxylic acids is 1. The van der Waals surface area contributed by atoms with Crippen LogP contribution in [0.15, 0.2) is 29.2 Å². The van der Waals surface area contributed by atoms with Crippen LogP contribution in [-0.2, 0) is 19.6 Å². The fourth-order valence-electron chi connectivity index (χ4n) is 3.23. The van der Waals surface area contributed by atoms with Crippen molar-refractivity contribution >= 4 is 21.9 Å². The number of rotatable bonds is 8. The average Bonchev–Trinajstić information content (AvgIpc) is 2.71. The minimum atomic E-state index is -3.74. The number of sulfonamides is 1. The summed E-state index contributed by atoms with van der Waals surface area (Å²) in [5.41, 5.74) is 0. The van der Waals surface area contributed by atoms with Crippen molar-refractivity contribution in [2.24, 2.45) is 11.8 Å². The largest absolute Gasteiger partial charge is 0.497 e. The molecule has 0 saturated carbocycles. The summed E-state index contributed by atoms with van der Waals surface area (Å²) in [4.78, 5) is 24.2. The summed E-state index contributed by atoms with van der Waals surface area (Å²) in [6, 6.07) is 5.11. The SMILES string of the molecule is CCC(C)[C@@H](NC(=O)C1CCCN(S(=O)(=O)c2ccc(OC)cc2)C1)C(=O)O. The van der Waals surface area contributed by atoms with Crippen molar-refractivity contribution < 1.29 is 27.9 Å². The Bertz CT molecular complexity index is 793. The van der Waals surface area contributed by atoms with Gasteiger partial charge in [-0.2, -0.15) is 4.31 Å². The van der Waals surface area contributed by atoms with E-state index in [0.29, 0.717) is 31.6 Å². The second-order valence-electron chi connectivity index (χ2n) is 7.09. The van der Waals surface area contributed by atoms with Crippen LogP contribution < -0.4 is 10.1 Å². The van der Waals surface area contributed by atoms with Crippen LogP contribution in [0.4, 0.5) is 0 Å². The van der Waals surface area contributed by atoms with E-state index in [1.165, 1.54) is 23.5 Å². The molecule has 0 radical (unpaired) electrons. The fraction of sp³-hybridized carbons (Fsp3) is 0.579.